The monoisotopic (exact) mass is 451 g/mol. The number of benzene rings is 2. The van der Waals surface area contributed by atoms with Gasteiger partial charge in [0.25, 0.3) is 0 Å². The average molecular weight is 452 g/mol. The third kappa shape index (κ3) is 4.14. The van der Waals surface area contributed by atoms with Crippen LogP contribution in [0.5, 0.6) is 5.75 Å². The van der Waals surface area contributed by atoms with Crippen molar-refractivity contribution in [3.63, 3.8) is 0 Å². The molecule has 0 aliphatic carbocycles. The SMILES string of the molecule is CCn1c(=O)c(=O)n(CCOc2ccc(Cl)cc2)c2cc(S(=O)(=O)N(C)C)ccc21. The van der Waals surface area contributed by atoms with Crippen LogP contribution in [0.2, 0.25) is 5.02 Å². The van der Waals surface area contributed by atoms with Crippen molar-refractivity contribution in [1.82, 2.24) is 13.4 Å². The highest BCUT2D eigenvalue weighted by molar-refractivity contribution is 7.89. The Labute approximate surface area is 178 Å². The summed E-state index contributed by atoms with van der Waals surface area (Å²) in [6.07, 6.45) is 0. The Morgan fingerprint density at radius 1 is 0.967 bits per heavy atom. The second kappa shape index (κ2) is 8.63. The van der Waals surface area contributed by atoms with E-state index in [0.717, 1.165) is 4.31 Å². The summed E-state index contributed by atoms with van der Waals surface area (Å²) in [7, 11) is -0.848. The van der Waals surface area contributed by atoms with Crippen molar-refractivity contribution in [1.29, 1.82) is 0 Å². The molecule has 3 rings (SSSR count). The molecule has 0 fully saturated rings. The van der Waals surface area contributed by atoms with Gasteiger partial charge in [-0.2, -0.15) is 0 Å². The molecular formula is C20H22ClN3O5S. The molecule has 0 aliphatic heterocycles. The van der Waals surface area contributed by atoms with E-state index in [9.17, 15) is 18.0 Å². The average Bonchev–Trinajstić information content (AvgIpc) is 2.72. The zero-order chi connectivity index (χ0) is 22.1. The van der Waals surface area contributed by atoms with E-state index in [1.165, 1.54) is 35.4 Å². The first-order chi connectivity index (χ1) is 14.2. The van der Waals surface area contributed by atoms with E-state index < -0.39 is 21.1 Å². The van der Waals surface area contributed by atoms with Crippen LogP contribution in [0.15, 0.2) is 56.9 Å². The predicted molar refractivity (Wildman–Crippen MR) is 116 cm³/mol. The number of halogens is 1. The van der Waals surface area contributed by atoms with E-state index in [-0.39, 0.29) is 24.6 Å². The molecule has 160 valence electrons. The van der Waals surface area contributed by atoms with Crippen LogP contribution in [0.4, 0.5) is 0 Å². The number of sulfonamides is 1. The minimum atomic E-state index is -3.71. The molecule has 1 aromatic heterocycles. The van der Waals surface area contributed by atoms with E-state index >= 15 is 0 Å². The molecule has 0 amide bonds. The fourth-order valence-corrected chi connectivity index (χ4v) is 4.14. The lowest BCUT2D eigenvalue weighted by molar-refractivity contribution is 0.298. The molecule has 30 heavy (non-hydrogen) atoms. The molecule has 2 aromatic carbocycles. The van der Waals surface area contributed by atoms with Crippen LogP contribution in [0.3, 0.4) is 0 Å². The zero-order valence-electron chi connectivity index (χ0n) is 16.8. The normalized spacial score (nSPS) is 11.9. The van der Waals surface area contributed by atoms with Gasteiger partial charge >= 0.3 is 11.1 Å². The molecule has 0 unspecified atom stereocenters. The Bertz CT molecular complexity index is 1290. The van der Waals surface area contributed by atoms with Gasteiger partial charge in [-0.05, 0) is 49.4 Å². The number of aryl methyl sites for hydroxylation is 1. The maximum atomic E-state index is 12.7. The number of hydrogen-bond acceptors (Lipinski definition) is 5. The fraction of sp³-hybridized carbons (Fsp3) is 0.300. The zero-order valence-corrected chi connectivity index (χ0v) is 18.4. The minimum absolute atomic E-state index is 0.0353. The smallest absolute Gasteiger partial charge is 0.317 e. The Morgan fingerprint density at radius 2 is 1.60 bits per heavy atom. The minimum Gasteiger partial charge on any atom is -0.492 e. The van der Waals surface area contributed by atoms with Crippen LogP contribution in [0, 0.1) is 0 Å². The number of aromatic nitrogens is 2. The van der Waals surface area contributed by atoms with E-state index in [1.54, 1.807) is 37.3 Å². The lowest BCUT2D eigenvalue weighted by Gasteiger charge is -2.17. The van der Waals surface area contributed by atoms with Gasteiger partial charge in [-0.3, -0.25) is 14.2 Å². The van der Waals surface area contributed by atoms with Crippen molar-refractivity contribution >= 4 is 32.7 Å². The molecule has 1 heterocycles. The molecule has 0 radical (unpaired) electrons. The summed E-state index contributed by atoms with van der Waals surface area (Å²) in [5.41, 5.74) is -0.571. The topological polar surface area (TPSA) is 90.6 Å². The standard InChI is InChI=1S/C20H22ClN3O5S/c1-4-23-17-10-9-16(30(27,28)22(2)3)13-18(17)24(20(26)19(23)25)11-12-29-15-7-5-14(21)6-8-15/h5-10,13H,4,11-12H2,1-3H3. The van der Waals surface area contributed by atoms with Crippen LogP contribution in [-0.4, -0.2) is 42.6 Å². The number of hydrogen-bond donors (Lipinski definition) is 0. The first kappa shape index (κ1) is 22.1. The molecule has 0 spiro atoms. The molecule has 0 atom stereocenters. The maximum absolute atomic E-state index is 12.7. The Hall–Kier alpha value is -2.62. The summed E-state index contributed by atoms with van der Waals surface area (Å²) >= 11 is 5.86. The third-order valence-corrected chi connectivity index (χ3v) is 6.76. The van der Waals surface area contributed by atoms with Gasteiger partial charge < -0.3 is 9.30 Å². The molecule has 0 saturated heterocycles. The van der Waals surface area contributed by atoms with E-state index in [2.05, 4.69) is 0 Å². The van der Waals surface area contributed by atoms with E-state index in [4.69, 9.17) is 16.3 Å². The number of nitrogens with zero attached hydrogens (tertiary/aromatic N) is 3. The Kier molecular flexibility index (Phi) is 6.35. The second-order valence-corrected chi connectivity index (χ2v) is 9.33. The van der Waals surface area contributed by atoms with Crippen LogP contribution in [0.25, 0.3) is 11.0 Å². The lowest BCUT2D eigenvalue weighted by Crippen LogP contribution is -2.42. The van der Waals surface area contributed by atoms with Crippen LogP contribution in [-0.2, 0) is 23.1 Å². The summed E-state index contributed by atoms with van der Waals surface area (Å²) in [6.45, 7) is 2.21. The van der Waals surface area contributed by atoms with Gasteiger partial charge in [0, 0.05) is 25.7 Å². The summed E-state index contributed by atoms with van der Waals surface area (Å²) in [5.74, 6) is 0.564. The molecule has 0 N–H and O–H groups in total. The van der Waals surface area contributed by atoms with Crippen molar-refractivity contribution in [3.8, 4) is 5.75 Å². The van der Waals surface area contributed by atoms with Gasteiger partial charge in [-0.1, -0.05) is 11.6 Å². The molecule has 0 aliphatic rings. The highest BCUT2D eigenvalue weighted by Crippen LogP contribution is 2.20. The van der Waals surface area contributed by atoms with Gasteiger partial charge in [0.2, 0.25) is 10.0 Å². The Morgan fingerprint density at radius 3 is 2.20 bits per heavy atom. The largest absolute Gasteiger partial charge is 0.492 e. The highest BCUT2D eigenvalue weighted by atomic mass is 35.5. The molecule has 8 nitrogen and oxygen atoms in total. The first-order valence-electron chi connectivity index (χ1n) is 9.25. The quantitative estimate of drug-likeness (QED) is 0.513. The van der Waals surface area contributed by atoms with Crippen molar-refractivity contribution in [2.45, 2.75) is 24.9 Å². The number of rotatable bonds is 7. The second-order valence-electron chi connectivity index (χ2n) is 6.75. The fourth-order valence-electron chi connectivity index (χ4n) is 3.09. The van der Waals surface area contributed by atoms with Gasteiger partial charge in [0.05, 0.1) is 22.5 Å². The van der Waals surface area contributed by atoms with Gasteiger partial charge in [0.1, 0.15) is 12.4 Å². The van der Waals surface area contributed by atoms with Gasteiger partial charge in [-0.25, -0.2) is 12.7 Å². The van der Waals surface area contributed by atoms with Crippen molar-refractivity contribution in [2.24, 2.45) is 0 Å². The maximum Gasteiger partial charge on any atom is 0.317 e. The van der Waals surface area contributed by atoms with Crippen LogP contribution >= 0.6 is 11.6 Å². The Balaban J connectivity index is 2.08. The number of fused-ring (bicyclic) bond motifs is 1. The van der Waals surface area contributed by atoms with Crippen molar-refractivity contribution < 1.29 is 13.2 Å². The van der Waals surface area contributed by atoms with Crippen LogP contribution < -0.4 is 15.9 Å². The van der Waals surface area contributed by atoms with E-state index in [0.29, 0.717) is 21.8 Å². The molecule has 0 bridgehead atoms. The predicted octanol–water partition coefficient (Wildman–Crippen LogP) is 2.17. The van der Waals surface area contributed by atoms with Gasteiger partial charge in [-0.15, -0.1) is 0 Å². The van der Waals surface area contributed by atoms with Crippen molar-refractivity contribution in [2.75, 3.05) is 20.7 Å². The molecule has 0 saturated carbocycles. The summed E-state index contributed by atoms with van der Waals surface area (Å²) in [4.78, 5) is 25.3. The summed E-state index contributed by atoms with van der Waals surface area (Å²) < 4.78 is 34.4. The third-order valence-electron chi connectivity index (χ3n) is 4.69. The van der Waals surface area contributed by atoms with Gasteiger partial charge in [0.15, 0.2) is 0 Å². The molecular weight excluding hydrogens is 430 g/mol. The first-order valence-corrected chi connectivity index (χ1v) is 11.1. The molecule has 3 aromatic rings. The summed E-state index contributed by atoms with van der Waals surface area (Å²) in [5, 5.41) is 0.572. The van der Waals surface area contributed by atoms with Crippen LogP contribution in [0.1, 0.15) is 6.92 Å². The molecule has 10 heteroatoms. The lowest BCUT2D eigenvalue weighted by atomic mass is 10.2. The van der Waals surface area contributed by atoms with Crippen molar-refractivity contribution in [3.05, 3.63) is 68.2 Å². The highest BCUT2D eigenvalue weighted by Gasteiger charge is 2.20. The van der Waals surface area contributed by atoms with E-state index in [1.807, 2.05) is 0 Å². The summed E-state index contributed by atoms with van der Waals surface area (Å²) in [6, 6.07) is 11.1. The number of ether oxygens (including phenoxy) is 1.